The molecule has 3 unspecified atom stereocenters. The number of nitrogens with one attached hydrogen (secondary N) is 1. The van der Waals surface area contributed by atoms with E-state index in [2.05, 4.69) is 19.2 Å². The van der Waals surface area contributed by atoms with Gasteiger partial charge in [0.15, 0.2) is 0 Å². The average Bonchev–Trinajstić information content (AvgIpc) is 2.18. The van der Waals surface area contributed by atoms with Gasteiger partial charge in [-0.2, -0.15) is 0 Å². The number of amides is 1. The number of primary amides is 1. The number of rotatable bonds is 5. The zero-order valence-corrected chi connectivity index (χ0v) is 9.96. The largest absolute Gasteiger partial charge is 0.368 e. The first-order valence-electron chi connectivity index (χ1n) is 6.16. The highest BCUT2D eigenvalue weighted by molar-refractivity contribution is 5.79. The molecule has 0 aromatic heterocycles. The van der Waals surface area contributed by atoms with Crippen LogP contribution < -0.4 is 11.1 Å². The maximum atomic E-state index is 11.1. The van der Waals surface area contributed by atoms with Crippen LogP contribution in [0.3, 0.4) is 0 Å². The molecule has 0 radical (unpaired) electrons. The van der Waals surface area contributed by atoms with Crippen molar-refractivity contribution in [2.24, 2.45) is 17.6 Å². The Morgan fingerprint density at radius 3 is 2.93 bits per heavy atom. The van der Waals surface area contributed by atoms with Crippen LogP contribution in [-0.2, 0) is 4.79 Å². The fourth-order valence-electron chi connectivity index (χ4n) is 2.61. The van der Waals surface area contributed by atoms with E-state index < -0.39 is 0 Å². The number of carbonyl (C=O) groups is 1. The van der Waals surface area contributed by atoms with Gasteiger partial charge in [-0.25, -0.2) is 0 Å². The lowest BCUT2D eigenvalue weighted by atomic mass is 9.84. The van der Waals surface area contributed by atoms with E-state index in [1.807, 2.05) is 0 Å². The van der Waals surface area contributed by atoms with Gasteiger partial charge in [-0.15, -0.1) is 0 Å². The summed E-state index contributed by atoms with van der Waals surface area (Å²) in [5, 5.41) is 3.18. The lowest BCUT2D eigenvalue weighted by Crippen LogP contribution is -2.46. The maximum Gasteiger partial charge on any atom is 0.234 e. The molecule has 1 saturated heterocycles. The minimum Gasteiger partial charge on any atom is -0.368 e. The second-order valence-corrected chi connectivity index (χ2v) is 4.93. The molecule has 3 atom stereocenters. The molecule has 1 aliphatic rings. The Hall–Kier alpha value is -0.570. The van der Waals surface area contributed by atoms with Crippen LogP contribution in [-0.4, -0.2) is 18.5 Å². The first-order valence-corrected chi connectivity index (χ1v) is 6.16. The molecule has 3 N–H and O–H groups in total. The second kappa shape index (κ2) is 6.11. The number of carbonyl (C=O) groups excluding carboxylic acids is 1. The van der Waals surface area contributed by atoms with Crippen molar-refractivity contribution in [3.63, 3.8) is 0 Å². The van der Waals surface area contributed by atoms with Crippen LogP contribution in [0.1, 0.15) is 46.0 Å². The van der Waals surface area contributed by atoms with Crippen LogP contribution in [0.15, 0.2) is 0 Å². The highest BCUT2D eigenvalue weighted by Crippen LogP contribution is 2.25. The van der Waals surface area contributed by atoms with E-state index in [0.29, 0.717) is 5.92 Å². The van der Waals surface area contributed by atoms with E-state index in [0.717, 1.165) is 18.9 Å². The minimum atomic E-state index is -0.192. The summed E-state index contributed by atoms with van der Waals surface area (Å²) >= 11 is 0. The molecule has 3 nitrogen and oxygen atoms in total. The molecular weight excluding hydrogens is 188 g/mol. The predicted octanol–water partition coefficient (Wildman–Crippen LogP) is 1.67. The molecule has 3 heteroatoms. The lowest BCUT2D eigenvalue weighted by molar-refractivity contribution is -0.120. The number of hydrogen-bond acceptors (Lipinski definition) is 2. The van der Waals surface area contributed by atoms with Gasteiger partial charge in [-0.3, -0.25) is 4.79 Å². The number of hydrogen-bond donors (Lipinski definition) is 2. The molecule has 0 aromatic carbocycles. The summed E-state index contributed by atoms with van der Waals surface area (Å²) in [5.74, 6) is 1.28. The summed E-state index contributed by atoms with van der Waals surface area (Å²) < 4.78 is 0. The van der Waals surface area contributed by atoms with Gasteiger partial charge in [0.2, 0.25) is 5.91 Å². The first-order chi connectivity index (χ1) is 7.13. The van der Waals surface area contributed by atoms with Crippen LogP contribution in [0.4, 0.5) is 0 Å². The molecule has 0 bridgehead atoms. The van der Waals surface area contributed by atoms with Crippen LogP contribution in [0.25, 0.3) is 0 Å². The third kappa shape index (κ3) is 4.20. The van der Waals surface area contributed by atoms with E-state index in [1.54, 1.807) is 0 Å². The van der Waals surface area contributed by atoms with Crippen molar-refractivity contribution in [1.82, 2.24) is 5.32 Å². The summed E-state index contributed by atoms with van der Waals surface area (Å²) in [6.07, 6.45) is 5.93. The first kappa shape index (κ1) is 12.5. The Labute approximate surface area is 92.8 Å². The zero-order chi connectivity index (χ0) is 11.3. The van der Waals surface area contributed by atoms with Gasteiger partial charge in [-0.05, 0) is 37.6 Å². The molecule has 0 spiro atoms. The molecule has 1 aliphatic heterocycles. The smallest absolute Gasteiger partial charge is 0.234 e. The molecule has 0 saturated carbocycles. The van der Waals surface area contributed by atoms with Crippen molar-refractivity contribution in [2.45, 2.75) is 52.0 Å². The van der Waals surface area contributed by atoms with Crippen LogP contribution in [0.5, 0.6) is 0 Å². The highest BCUT2D eigenvalue weighted by Gasteiger charge is 2.25. The standard InChI is InChI=1S/C12H24N2O/c1-3-4-9(2)7-10-5-6-14-11(8-10)12(13)15/h9-11,14H,3-8H2,1-2H3,(H2,13,15). The molecule has 1 heterocycles. The van der Waals surface area contributed by atoms with Gasteiger partial charge in [0.05, 0.1) is 6.04 Å². The molecule has 88 valence electrons. The maximum absolute atomic E-state index is 11.1. The van der Waals surface area contributed by atoms with Crippen molar-refractivity contribution in [3.05, 3.63) is 0 Å². The van der Waals surface area contributed by atoms with Gasteiger partial charge in [-0.1, -0.05) is 26.7 Å². The quantitative estimate of drug-likeness (QED) is 0.728. The lowest BCUT2D eigenvalue weighted by Gasteiger charge is -2.30. The Kier molecular flexibility index (Phi) is 5.09. The van der Waals surface area contributed by atoms with Gasteiger partial charge in [0, 0.05) is 0 Å². The van der Waals surface area contributed by atoms with E-state index >= 15 is 0 Å². The monoisotopic (exact) mass is 212 g/mol. The van der Waals surface area contributed by atoms with Gasteiger partial charge < -0.3 is 11.1 Å². The number of piperidine rings is 1. The topological polar surface area (TPSA) is 55.1 Å². The summed E-state index contributed by atoms with van der Waals surface area (Å²) in [4.78, 5) is 11.1. The van der Waals surface area contributed by atoms with Crippen molar-refractivity contribution >= 4 is 5.91 Å². The Morgan fingerprint density at radius 1 is 1.60 bits per heavy atom. The van der Waals surface area contributed by atoms with E-state index in [4.69, 9.17) is 5.73 Å². The fraction of sp³-hybridized carbons (Fsp3) is 0.917. The molecule has 0 aromatic rings. The van der Waals surface area contributed by atoms with E-state index in [-0.39, 0.29) is 11.9 Å². The van der Waals surface area contributed by atoms with Gasteiger partial charge in [0.1, 0.15) is 0 Å². The summed E-state index contributed by atoms with van der Waals surface area (Å²) in [7, 11) is 0. The van der Waals surface area contributed by atoms with E-state index in [9.17, 15) is 4.79 Å². The van der Waals surface area contributed by atoms with E-state index in [1.165, 1.54) is 25.7 Å². The average molecular weight is 212 g/mol. The molecule has 1 fully saturated rings. The summed E-state index contributed by atoms with van der Waals surface area (Å²) in [6.45, 7) is 5.48. The molecule has 1 rings (SSSR count). The van der Waals surface area contributed by atoms with Crippen molar-refractivity contribution < 1.29 is 4.79 Å². The van der Waals surface area contributed by atoms with Crippen LogP contribution in [0.2, 0.25) is 0 Å². The third-order valence-electron chi connectivity index (χ3n) is 3.37. The zero-order valence-electron chi connectivity index (χ0n) is 9.96. The van der Waals surface area contributed by atoms with Crippen molar-refractivity contribution in [2.75, 3.05) is 6.54 Å². The molecule has 15 heavy (non-hydrogen) atoms. The summed E-state index contributed by atoms with van der Waals surface area (Å²) in [5.41, 5.74) is 5.32. The third-order valence-corrected chi connectivity index (χ3v) is 3.37. The highest BCUT2D eigenvalue weighted by atomic mass is 16.1. The minimum absolute atomic E-state index is 0.0856. The number of nitrogens with two attached hydrogens (primary N) is 1. The van der Waals surface area contributed by atoms with Gasteiger partial charge in [0.25, 0.3) is 0 Å². The normalized spacial score (nSPS) is 28.7. The van der Waals surface area contributed by atoms with Crippen molar-refractivity contribution in [1.29, 1.82) is 0 Å². The molecule has 0 aliphatic carbocycles. The SMILES string of the molecule is CCCC(C)CC1CCNC(C(N)=O)C1. The van der Waals surface area contributed by atoms with Crippen LogP contribution >= 0.6 is 0 Å². The molecular formula is C12H24N2O. The van der Waals surface area contributed by atoms with Crippen LogP contribution in [0, 0.1) is 11.8 Å². The van der Waals surface area contributed by atoms with Gasteiger partial charge >= 0.3 is 0 Å². The molecule has 1 amide bonds. The Balaban J connectivity index is 2.32. The predicted molar refractivity (Wildman–Crippen MR) is 62.4 cm³/mol. The Morgan fingerprint density at radius 2 is 2.33 bits per heavy atom. The summed E-state index contributed by atoms with van der Waals surface area (Å²) in [6, 6.07) is -0.0856. The van der Waals surface area contributed by atoms with Crippen molar-refractivity contribution in [3.8, 4) is 0 Å². The second-order valence-electron chi connectivity index (χ2n) is 4.93. The Bertz CT molecular complexity index is 206. The fourth-order valence-corrected chi connectivity index (χ4v) is 2.61.